The van der Waals surface area contributed by atoms with Gasteiger partial charge in [0.25, 0.3) is 5.91 Å². The van der Waals surface area contributed by atoms with Crippen molar-refractivity contribution in [2.24, 2.45) is 0 Å². The molecule has 8 heteroatoms. The van der Waals surface area contributed by atoms with Gasteiger partial charge in [0.1, 0.15) is 5.75 Å². The summed E-state index contributed by atoms with van der Waals surface area (Å²) >= 11 is 12.0. The molecule has 0 atom stereocenters. The van der Waals surface area contributed by atoms with E-state index in [2.05, 4.69) is 15.4 Å². The predicted molar refractivity (Wildman–Crippen MR) is 114 cm³/mol. The monoisotopic (exact) mass is 426 g/mol. The van der Waals surface area contributed by atoms with Crippen LogP contribution in [-0.2, 0) is 4.79 Å². The number of halogens is 2. The van der Waals surface area contributed by atoms with Gasteiger partial charge in [0, 0.05) is 16.5 Å². The van der Waals surface area contributed by atoms with Crippen molar-refractivity contribution < 1.29 is 9.53 Å². The largest absolute Gasteiger partial charge is 0.482 e. The number of anilines is 1. The van der Waals surface area contributed by atoms with Crippen molar-refractivity contribution in [3.8, 4) is 11.4 Å². The molecule has 29 heavy (non-hydrogen) atoms. The van der Waals surface area contributed by atoms with Crippen molar-refractivity contribution in [3.63, 3.8) is 0 Å². The molecule has 0 aliphatic heterocycles. The second-order valence-corrected chi connectivity index (χ2v) is 7.18. The molecule has 0 saturated heterocycles. The zero-order valence-electron chi connectivity index (χ0n) is 15.4. The molecule has 4 aromatic rings. The van der Waals surface area contributed by atoms with E-state index in [0.717, 1.165) is 16.8 Å². The quantitative estimate of drug-likeness (QED) is 0.484. The number of nitrogens with zero attached hydrogens (tertiary/aromatic N) is 3. The summed E-state index contributed by atoms with van der Waals surface area (Å²) in [7, 11) is 0. The van der Waals surface area contributed by atoms with E-state index in [1.807, 2.05) is 43.3 Å². The number of hydrogen-bond donors (Lipinski definition) is 1. The summed E-state index contributed by atoms with van der Waals surface area (Å²) < 4.78 is 7.24. The number of carbonyl (C=O) groups excluding carboxylic acids is 1. The highest BCUT2D eigenvalue weighted by atomic mass is 35.5. The molecular formula is C21H16Cl2N4O2. The molecular weight excluding hydrogens is 411 g/mol. The number of fused-ring (bicyclic) bond motifs is 1. The molecule has 0 unspecified atom stereocenters. The molecule has 0 aliphatic carbocycles. The molecule has 4 rings (SSSR count). The maximum absolute atomic E-state index is 12.3. The van der Waals surface area contributed by atoms with Gasteiger partial charge in [0.05, 0.1) is 28.3 Å². The van der Waals surface area contributed by atoms with E-state index in [0.29, 0.717) is 27.1 Å². The third-order valence-corrected chi connectivity index (χ3v) is 4.79. The van der Waals surface area contributed by atoms with Gasteiger partial charge in [0.15, 0.2) is 12.3 Å². The van der Waals surface area contributed by atoms with Crippen molar-refractivity contribution in [3.05, 3.63) is 76.5 Å². The number of para-hydroxylation sites is 1. The van der Waals surface area contributed by atoms with Crippen molar-refractivity contribution in [1.29, 1.82) is 0 Å². The van der Waals surface area contributed by atoms with Crippen LogP contribution in [0.4, 0.5) is 5.69 Å². The first kappa shape index (κ1) is 19.2. The lowest BCUT2D eigenvalue weighted by Gasteiger charge is -2.09. The molecule has 0 aliphatic rings. The molecule has 2 aromatic heterocycles. The normalized spacial score (nSPS) is 10.9. The van der Waals surface area contributed by atoms with Gasteiger partial charge in [-0.25, -0.2) is 9.67 Å². The predicted octanol–water partition coefficient (Wildman–Crippen LogP) is 5.05. The summed E-state index contributed by atoms with van der Waals surface area (Å²) in [5, 5.41) is 9.05. The highest BCUT2D eigenvalue weighted by Crippen LogP contribution is 2.28. The van der Waals surface area contributed by atoms with Gasteiger partial charge in [-0.1, -0.05) is 41.4 Å². The summed E-state index contributed by atoms with van der Waals surface area (Å²) in [6.45, 7) is 1.69. The van der Waals surface area contributed by atoms with Crippen LogP contribution >= 0.6 is 23.2 Å². The number of hydrogen-bond acceptors (Lipinski definition) is 4. The van der Waals surface area contributed by atoms with Gasteiger partial charge in [-0.3, -0.25) is 4.79 Å². The Labute approximate surface area is 177 Å². The van der Waals surface area contributed by atoms with Crippen molar-refractivity contribution in [2.45, 2.75) is 6.92 Å². The van der Waals surface area contributed by atoms with Crippen LogP contribution in [0.2, 0.25) is 10.0 Å². The first-order valence-corrected chi connectivity index (χ1v) is 9.55. The number of ether oxygens (including phenoxy) is 1. The SMILES string of the molecule is Cc1nn(-c2ccccc2)c2ncc(NC(=O)COc3cc(Cl)ccc3Cl)cc12. The van der Waals surface area contributed by atoms with Gasteiger partial charge in [-0.2, -0.15) is 5.10 Å². The smallest absolute Gasteiger partial charge is 0.262 e. The fraction of sp³-hybridized carbons (Fsp3) is 0.0952. The van der Waals surface area contributed by atoms with Crippen molar-refractivity contribution in [2.75, 3.05) is 11.9 Å². The Bertz CT molecular complexity index is 1190. The van der Waals surface area contributed by atoms with Crippen LogP contribution in [0.5, 0.6) is 5.75 Å². The highest BCUT2D eigenvalue weighted by Gasteiger charge is 2.13. The van der Waals surface area contributed by atoms with Crippen LogP contribution in [-0.4, -0.2) is 27.3 Å². The van der Waals surface area contributed by atoms with E-state index >= 15 is 0 Å². The van der Waals surface area contributed by atoms with Gasteiger partial charge >= 0.3 is 0 Å². The Morgan fingerprint density at radius 2 is 1.93 bits per heavy atom. The lowest BCUT2D eigenvalue weighted by molar-refractivity contribution is -0.118. The summed E-state index contributed by atoms with van der Waals surface area (Å²) in [6, 6.07) is 16.4. The zero-order valence-corrected chi connectivity index (χ0v) is 16.9. The third-order valence-electron chi connectivity index (χ3n) is 4.24. The van der Waals surface area contributed by atoms with Gasteiger partial charge < -0.3 is 10.1 Å². The minimum absolute atomic E-state index is 0.208. The minimum Gasteiger partial charge on any atom is -0.482 e. The maximum atomic E-state index is 12.3. The molecule has 0 saturated carbocycles. The van der Waals surface area contributed by atoms with E-state index in [-0.39, 0.29) is 12.5 Å². The molecule has 1 N–H and O–H groups in total. The molecule has 2 heterocycles. The number of nitrogens with one attached hydrogen (secondary N) is 1. The second-order valence-electron chi connectivity index (χ2n) is 6.34. The Kier molecular flexibility index (Phi) is 5.38. The summed E-state index contributed by atoms with van der Waals surface area (Å²) in [5.74, 6) is 0.0122. The lowest BCUT2D eigenvalue weighted by Crippen LogP contribution is -2.20. The molecule has 0 bridgehead atoms. The van der Waals surface area contributed by atoms with E-state index in [1.54, 1.807) is 29.1 Å². The summed E-state index contributed by atoms with van der Waals surface area (Å²) in [5.41, 5.74) is 3.00. The average Bonchev–Trinajstić information content (AvgIpc) is 3.05. The first-order valence-electron chi connectivity index (χ1n) is 8.80. The number of carbonyl (C=O) groups is 1. The van der Waals surface area contributed by atoms with Gasteiger partial charge in [-0.05, 0) is 37.3 Å². The van der Waals surface area contributed by atoms with Crippen molar-refractivity contribution >= 4 is 45.8 Å². The molecule has 146 valence electrons. The fourth-order valence-corrected chi connectivity index (χ4v) is 3.22. The van der Waals surface area contributed by atoms with E-state index < -0.39 is 0 Å². The molecule has 0 fully saturated rings. The molecule has 0 radical (unpaired) electrons. The summed E-state index contributed by atoms with van der Waals surface area (Å²) in [6.07, 6.45) is 1.59. The number of pyridine rings is 1. The number of rotatable bonds is 5. The second kappa shape index (κ2) is 8.11. The van der Waals surface area contributed by atoms with Crippen molar-refractivity contribution in [1.82, 2.24) is 14.8 Å². The average molecular weight is 427 g/mol. The zero-order chi connectivity index (χ0) is 20.4. The highest BCUT2D eigenvalue weighted by molar-refractivity contribution is 6.34. The van der Waals surface area contributed by atoms with Gasteiger partial charge in [0.2, 0.25) is 0 Å². The van der Waals surface area contributed by atoms with E-state index in [1.165, 1.54) is 0 Å². The maximum Gasteiger partial charge on any atom is 0.262 e. The van der Waals surface area contributed by atoms with E-state index in [4.69, 9.17) is 27.9 Å². The van der Waals surface area contributed by atoms with Crippen LogP contribution < -0.4 is 10.1 Å². The number of amides is 1. The first-order chi connectivity index (χ1) is 14.0. The number of benzene rings is 2. The van der Waals surface area contributed by atoms with Crippen LogP contribution in [0.25, 0.3) is 16.7 Å². The topological polar surface area (TPSA) is 69.0 Å². The Morgan fingerprint density at radius 3 is 2.72 bits per heavy atom. The number of aryl methyl sites for hydroxylation is 1. The van der Waals surface area contributed by atoms with Gasteiger partial charge in [-0.15, -0.1) is 0 Å². The van der Waals surface area contributed by atoms with Crippen LogP contribution in [0.1, 0.15) is 5.69 Å². The third kappa shape index (κ3) is 4.18. The van der Waals surface area contributed by atoms with E-state index in [9.17, 15) is 4.79 Å². The minimum atomic E-state index is -0.338. The number of aromatic nitrogens is 3. The summed E-state index contributed by atoms with van der Waals surface area (Å²) in [4.78, 5) is 16.8. The Balaban J connectivity index is 1.50. The Morgan fingerprint density at radius 1 is 1.14 bits per heavy atom. The lowest BCUT2D eigenvalue weighted by atomic mass is 10.2. The van der Waals surface area contributed by atoms with Crippen LogP contribution in [0.15, 0.2) is 60.8 Å². The van der Waals surface area contributed by atoms with Crippen LogP contribution in [0, 0.1) is 6.92 Å². The molecule has 1 amide bonds. The Hall–Kier alpha value is -3.09. The molecule has 0 spiro atoms. The fourth-order valence-electron chi connectivity index (χ4n) is 2.89. The van der Waals surface area contributed by atoms with Crippen LogP contribution in [0.3, 0.4) is 0 Å². The standard InChI is InChI=1S/C21H16Cl2N4O2/c1-13-17-10-15(11-24-21(17)27(26-13)16-5-3-2-4-6-16)25-20(28)12-29-19-9-14(22)7-8-18(19)23/h2-11H,12H2,1H3,(H,25,28). The molecule has 2 aromatic carbocycles. The molecule has 6 nitrogen and oxygen atoms in total.